The molecule has 1 aromatic heterocycles. The molecule has 4 nitrogen and oxygen atoms in total. The van der Waals surface area contributed by atoms with Gasteiger partial charge in [0.15, 0.2) is 0 Å². The van der Waals surface area contributed by atoms with Gasteiger partial charge in [0.05, 0.1) is 11.6 Å². The molecule has 0 bridgehead atoms. The number of hydrogen-bond donors (Lipinski definition) is 1. The predicted molar refractivity (Wildman–Crippen MR) is 73.5 cm³/mol. The van der Waals surface area contributed by atoms with Gasteiger partial charge in [-0.25, -0.2) is 4.68 Å². The van der Waals surface area contributed by atoms with Crippen molar-refractivity contribution in [2.24, 2.45) is 11.1 Å². The van der Waals surface area contributed by atoms with Gasteiger partial charge in [-0.1, -0.05) is 32.0 Å². The van der Waals surface area contributed by atoms with Gasteiger partial charge in [0.1, 0.15) is 0 Å². The molecule has 0 saturated carbocycles. The van der Waals surface area contributed by atoms with Gasteiger partial charge in [0.25, 0.3) is 5.56 Å². The standard InChI is InChI=1S/C14H19N3O/c1-14(2,10-15)7-8-17-13(18)12-6-4-3-5-11(12)9-16-17/h3-6,9H,7-8,10,15H2,1-2H3. The number of hydrogen-bond acceptors (Lipinski definition) is 3. The molecule has 2 aromatic rings. The summed E-state index contributed by atoms with van der Waals surface area (Å²) in [6, 6.07) is 7.52. The SMILES string of the molecule is CC(C)(CN)CCn1ncc2ccccc2c1=O. The maximum Gasteiger partial charge on any atom is 0.274 e. The molecule has 0 radical (unpaired) electrons. The van der Waals surface area contributed by atoms with Crippen molar-refractivity contribution >= 4 is 10.8 Å². The molecule has 1 aromatic carbocycles. The highest BCUT2D eigenvalue weighted by Crippen LogP contribution is 2.18. The Kier molecular flexibility index (Phi) is 3.48. The van der Waals surface area contributed by atoms with Crippen LogP contribution in [0.1, 0.15) is 20.3 Å². The van der Waals surface area contributed by atoms with E-state index in [0.717, 1.165) is 17.2 Å². The molecule has 1 heterocycles. The van der Waals surface area contributed by atoms with Crippen LogP contribution in [0, 0.1) is 5.41 Å². The zero-order valence-electron chi connectivity index (χ0n) is 10.9. The second-order valence-electron chi connectivity index (χ2n) is 5.38. The maximum absolute atomic E-state index is 12.2. The van der Waals surface area contributed by atoms with Crippen LogP contribution in [0.25, 0.3) is 10.8 Å². The van der Waals surface area contributed by atoms with E-state index in [-0.39, 0.29) is 11.0 Å². The normalized spacial score (nSPS) is 11.9. The van der Waals surface area contributed by atoms with Crippen molar-refractivity contribution in [2.45, 2.75) is 26.8 Å². The summed E-state index contributed by atoms with van der Waals surface area (Å²) < 4.78 is 1.53. The van der Waals surface area contributed by atoms with Crippen molar-refractivity contribution in [3.05, 3.63) is 40.8 Å². The molecule has 2 rings (SSSR count). The average molecular weight is 245 g/mol. The lowest BCUT2D eigenvalue weighted by atomic mass is 9.90. The minimum Gasteiger partial charge on any atom is -0.330 e. The van der Waals surface area contributed by atoms with Crippen LogP contribution in [0.15, 0.2) is 35.3 Å². The third-order valence-corrected chi connectivity index (χ3v) is 3.31. The fraction of sp³-hybridized carbons (Fsp3) is 0.429. The Bertz CT molecular complexity index is 601. The van der Waals surface area contributed by atoms with Crippen LogP contribution < -0.4 is 11.3 Å². The van der Waals surface area contributed by atoms with E-state index in [9.17, 15) is 4.79 Å². The highest BCUT2D eigenvalue weighted by Gasteiger charge is 2.16. The Hall–Kier alpha value is -1.68. The second-order valence-corrected chi connectivity index (χ2v) is 5.38. The van der Waals surface area contributed by atoms with Gasteiger partial charge in [-0.05, 0) is 24.4 Å². The molecule has 18 heavy (non-hydrogen) atoms. The van der Waals surface area contributed by atoms with Gasteiger partial charge in [0, 0.05) is 11.9 Å². The number of nitrogens with two attached hydrogens (primary N) is 1. The number of aromatic nitrogens is 2. The lowest BCUT2D eigenvalue weighted by Crippen LogP contribution is -2.29. The topological polar surface area (TPSA) is 60.9 Å². The Balaban J connectivity index is 2.30. The van der Waals surface area contributed by atoms with E-state index in [4.69, 9.17) is 5.73 Å². The molecule has 0 amide bonds. The smallest absolute Gasteiger partial charge is 0.274 e. The van der Waals surface area contributed by atoms with Crippen LogP contribution in [-0.4, -0.2) is 16.3 Å². The van der Waals surface area contributed by atoms with E-state index < -0.39 is 0 Å². The van der Waals surface area contributed by atoms with E-state index in [2.05, 4.69) is 18.9 Å². The molecule has 0 spiro atoms. The van der Waals surface area contributed by atoms with Crippen LogP contribution in [0.4, 0.5) is 0 Å². The van der Waals surface area contributed by atoms with E-state index in [1.165, 1.54) is 4.68 Å². The third-order valence-electron chi connectivity index (χ3n) is 3.31. The van der Waals surface area contributed by atoms with Crippen LogP contribution in [0.3, 0.4) is 0 Å². The van der Waals surface area contributed by atoms with Crippen LogP contribution in [-0.2, 0) is 6.54 Å². The van der Waals surface area contributed by atoms with Crippen molar-refractivity contribution in [1.82, 2.24) is 9.78 Å². The second kappa shape index (κ2) is 4.90. The Morgan fingerprint density at radius 2 is 2.06 bits per heavy atom. The summed E-state index contributed by atoms with van der Waals surface area (Å²) in [5.74, 6) is 0. The van der Waals surface area contributed by atoms with Gasteiger partial charge in [-0.15, -0.1) is 0 Å². The Labute approximate surface area is 106 Å². The molecule has 0 aliphatic carbocycles. The Morgan fingerprint density at radius 1 is 1.33 bits per heavy atom. The number of rotatable bonds is 4. The summed E-state index contributed by atoms with van der Waals surface area (Å²) >= 11 is 0. The largest absolute Gasteiger partial charge is 0.330 e. The zero-order chi connectivity index (χ0) is 13.2. The molecule has 0 aliphatic heterocycles. The average Bonchev–Trinajstić information content (AvgIpc) is 2.38. The predicted octanol–water partition coefficient (Wildman–Crippen LogP) is 1.77. The lowest BCUT2D eigenvalue weighted by Gasteiger charge is -2.22. The minimum absolute atomic E-state index is 0.0269. The summed E-state index contributed by atoms with van der Waals surface area (Å²) in [5.41, 5.74) is 5.70. The number of nitrogens with zero attached hydrogens (tertiary/aromatic N) is 2. The van der Waals surface area contributed by atoms with Crippen LogP contribution in [0.2, 0.25) is 0 Å². The Morgan fingerprint density at radius 3 is 2.78 bits per heavy atom. The monoisotopic (exact) mass is 245 g/mol. The first-order chi connectivity index (χ1) is 8.53. The van der Waals surface area contributed by atoms with Gasteiger partial charge in [-0.2, -0.15) is 5.10 Å². The van der Waals surface area contributed by atoms with Crippen LogP contribution in [0.5, 0.6) is 0 Å². The summed E-state index contributed by atoms with van der Waals surface area (Å²) in [6.45, 7) is 5.40. The maximum atomic E-state index is 12.2. The van der Waals surface area contributed by atoms with Crippen molar-refractivity contribution in [3.8, 4) is 0 Å². The molecule has 0 fully saturated rings. The number of benzene rings is 1. The van der Waals surface area contributed by atoms with Crippen molar-refractivity contribution in [2.75, 3.05) is 6.54 Å². The first kappa shape index (κ1) is 12.8. The third kappa shape index (κ3) is 2.59. The lowest BCUT2D eigenvalue weighted by molar-refractivity contribution is 0.313. The van der Waals surface area contributed by atoms with Gasteiger partial charge in [-0.3, -0.25) is 4.79 Å². The molecular formula is C14H19N3O. The minimum atomic E-state index is -0.0269. The summed E-state index contributed by atoms with van der Waals surface area (Å²) in [5, 5.41) is 5.81. The van der Waals surface area contributed by atoms with E-state index >= 15 is 0 Å². The highest BCUT2D eigenvalue weighted by molar-refractivity contribution is 5.80. The van der Waals surface area contributed by atoms with E-state index in [1.54, 1.807) is 6.20 Å². The molecule has 0 saturated heterocycles. The van der Waals surface area contributed by atoms with E-state index in [0.29, 0.717) is 13.1 Å². The highest BCUT2D eigenvalue weighted by atomic mass is 16.1. The molecular weight excluding hydrogens is 226 g/mol. The first-order valence-electron chi connectivity index (χ1n) is 6.18. The van der Waals surface area contributed by atoms with Crippen molar-refractivity contribution in [3.63, 3.8) is 0 Å². The van der Waals surface area contributed by atoms with Crippen molar-refractivity contribution in [1.29, 1.82) is 0 Å². The molecule has 96 valence electrons. The summed E-state index contributed by atoms with van der Waals surface area (Å²) in [6.07, 6.45) is 2.58. The summed E-state index contributed by atoms with van der Waals surface area (Å²) in [7, 11) is 0. The fourth-order valence-electron chi connectivity index (χ4n) is 1.80. The fourth-order valence-corrected chi connectivity index (χ4v) is 1.80. The van der Waals surface area contributed by atoms with Gasteiger partial charge < -0.3 is 5.73 Å². The molecule has 0 atom stereocenters. The number of aryl methyl sites for hydroxylation is 1. The molecule has 2 N–H and O–H groups in total. The first-order valence-corrected chi connectivity index (χ1v) is 6.18. The molecule has 0 unspecified atom stereocenters. The van der Waals surface area contributed by atoms with E-state index in [1.807, 2.05) is 24.3 Å². The molecule has 0 aliphatic rings. The summed E-state index contributed by atoms with van der Waals surface area (Å²) in [4.78, 5) is 12.2. The quantitative estimate of drug-likeness (QED) is 0.893. The number of fused-ring (bicyclic) bond motifs is 1. The van der Waals surface area contributed by atoms with Crippen molar-refractivity contribution < 1.29 is 0 Å². The van der Waals surface area contributed by atoms with Gasteiger partial charge in [0.2, 0.25) is 0 Å². The van der Waals surface area contributed by atoms with Gasteiger partial charge >= 0.3 is 0 Å². The molecule has 4 heteroatoms. The zero-order valence-corrected chi connectivity index (χ0v) is 10.9. The van der Waals surface area contributed by atoms with Crippen LogP contribution >= 0.6 is 0 Å².